The van der Waals surface area contributed by atoms with Gasteiger partial charge in [0.05, 0.1) is 18.8 Å². The Morgan fingerprint density at radius 3 is 2.45 bits per heavy atom. The van der Waals surface area contributed by atoms with Crippen LogP contribution in [0.2, 0.25) is 0 Å². The van der Waals surface area contributed by atoms with Crippen molar-refractivity contribution in [2.45, 2.75) is 46.3 Å². The first kappa shape index (κ1) is 19.0. The third kappa shape index (κ3) is 5.54. The molecule has 0 saturated heterocycles. The zero-order valence-corrected chi connectivity index (χ0v) is 14.1. The Hall–Kier alpha value is -1.01. The first-order chi connectivity index (χ1) is 9.28. The molecule has 1 N–H and O–H groups in total. The van der Waals surface area contributed by atoms with E-state index in [1.807, 2.05) is 20.1 Å². The van der Waals surface area contributed by atoms with E-state index in [0.29, 0.717) is 12.2 Å². The van der Waals surface area contributed by atoms with Gasteiger partial charge in [0, 0.05) is 4.91 Å². The highest BCUT2D eigenvalue weighted by atomic mass is 32.2. The monoisotopic (exact) mass is 302 g/mol. The molecular formula is C14H26N2O3S. The molecular weight excluding hydrogens is 276 g/mol. The number of aliphatic imine (C=N–C) groups is 1. The topological polar surface area (TPSA) is 62.1 Å². The summed E-state index contributed by atoms with van der Waals surface area (Å²) in [7, 11) is 0. The van der Waals surface area contributed by atoms with Gasteiger partial charge in [-0.2, -0.15) is 0 Å². The molecule has 1 heterocycles. The van der Waals surface area contributed by atoms with E-state index < -0.39 is 17.8 Å². The fraction of sp³-hybridized carbons (Fsp3) is 0.714. The number of aliphatic hydroxyl groups excluding tert-OH is 1. The van der Waals surface area contributed by atoms with E-state index in [-0.39, 0.29) is 6.54 Å². The lowest BCUT2D eigenvalue weighted by molar-refractivity contribution is 0.0176. The Morgan fingerprint density at radius 2 is 2.05 bits per heavy atom. The van der Waals surface area contributed by atoms with Crippen LogP contribution in [0.4, 0.5) is 4.79 Å². The van der Waals surface area contributed by atoms with Crippen LogP contribution in [-0.2, 0) is 4.74 Å². The zero-order chi connectivity index (χ0) is 15.9. The summed E-state index contributed by atoms with van der Waals surface area (Å²) in [6.45, 7) is 13.4. The molecule has 20 heavy (non-hydrogen) atoms. The van der Waals surface area contributed by atoms with Crippen LogP contribution in [0.1, 0.15) is 34.6 Å². The SMILES string of the molecule is C=NC1=C(SC)C(O)CN(C(=O)OC(C)(C)C)C1.CC. The second-order valence-electron chi connectivity index (χ2n) is 5.05. The molecule has 0 bridgehead atoms. The number of carbonyl (C=O) groups excluding carboxylic acids is 1. The minimum Gasteiger partial charge on any atom is -0.444 e. The van der Waals surface area contributed by atoms with Crippen LogP contribution in [0.3, 0.4) is 0 Å². The first-order valence-electron chi connectivity index (χ1n) is 6.68. The van der Waals surface area contributed by atoms with Crippen LogP contribution in [-0.4, -0.2) is 53.9 Å². The summed E-state index contributed by atoms with van der Waals surface area (Å²) in [4.78, 5) is 18.0. The van der Waals surface area contributed by atoms with E-state index in [0.717, 1.165) is 4.91 Å². The van der Waals surface area contributed by atoms with E-state index in [2.05, 4.69) is 11.7 Å². The summed E-state index contributed by atoms with van der Waals surface area (Å²) in [5.41, 5.74) is 0.0833. The predicted molar refractivity (Wildman–Crippen MR) is 85.3 cm³/mol. The smallest absolute Gasteiger partial charge is 0.410 e. The summed E-state index contributed by atoms with van der Waals surface area (Å²) in [5.74, 6) is 0. The van der Waals surface area contributed by atoms with E-state index >= 15 is 0 Å². The predicted octanol–water partition coefficient (Wildman–Crippen LogP) is 2.90. The van der Waals surface area contributed by atoms with Crippen LogP contribution in [0, 0.1) is 0 Å². The van der Waals surface area contributed by atoms with Crippen LogP contribution in [0.15, 0.2) is 15.6 Å². The number of ether oxygens (including phenoxy) is 1. The molecule has 116 valence electrons. The maximum Gasteiger partial charge on any atom is 0.410 e. The van der Waals surface area contributed by atoms with Crippen molar-refractivity contribution in [1.82, 2.24) is 4.90 Å². The van der Waals surface area contributed by atoms with E-state index in [1.165, 1.54) is 16.7 Å². The molecule has 1 aliphatic rings. The van der Waals surface area contributed by atoms with Crippen molar-refractivity contribution in [3.05, 3.63) is 10.6 Å². The van der Waals surface area contributed by atoms with Crippen molar-refractivity contribution in [3.8, 4) is 0 Å². The van der Waals surface area contributed by atoms with Gasteiger partial charge >= 0.3 is 6.09 Å². The van der Waals surface area contributed by atoms with Crippen molar-refractivity contribution in [2.24, 2.45) is 4.99 Å². The second kappa shape index (κ2) is 8.32. The van der Waals surface area contributed by atoms with Crippen LogP contribution < -0.4 is 0 Å². The fourth-order valence-corrected chi connectivity index (χ4v) is 2.37. The molecule has 0 aromatic carbocycles. The Balaban J connectivity index is 0.00000172. The van der Waals surface area contributed by atoms with Crippen molar-refractivity contribution in [1.29, 1.82) is 0 Å². The first-order valence-corrected chi connectivity index (χ1v) is 7.90. The average molecular weight is 302 g/mol. The molecule has 0 spiro atoms. The number of rotatable bonds is 2. The molecule has 1 unspecified atom stereocenters. The van der Waals surface area contributed by atoms with Gasteiger partial charge in [0.2, 0.25) is 0 Å². The number of aliphatic hydroxyl groups is 1. The normalized spacial score (nSPS) is 19.1. The van der Waals surface area contributed by atoms with Crippen LogP contribution >= 0.6 is 11.8 Å². The molecule has 0 radical (unpaired) electrons. The van der Waals surface area contributed by atoms with Gasteiger partial charge in [-0.3, -0.25) is 9.89 Å². The minimum absolute atomic E-state index is 0.226. The average Bonchev–Trinajstić information content (AvgIpc) is 2.38. The van der Waals surface area contributed by atoms with E-state index in [9.17, 15) is 9.90 Å². The quantitative estimate of drug-likeness (QED) is 0.797. The summed E-state index contributed by atoms with van der Waals surface area (Å²) in [5, 5.41) is 9.97. The van der Waals surface area contributed by atoms with E-state index in [4.69, 9.17) is 4.74 Å². The lowest BCUT2D eigenvalue weighted by Crippen LogP contribution is -2.45. The number of thioether (sulfide) groups is 1. The summed E-state index contributed by atoms with van der Waals surface area (Å²) < 4.78 is 5.27. The van der Waals surface area contributed by atoms with Crippen molar-refractivity contribution >= 4 is 24.6 Å². The lowest BCUT2D eigenvalue weighted by atomic mass is 10.1. The number of nitrogens with zero attached hydrogens (tertiary/aromatic N) is 2. The zero-order valence-electron chi connectivity index (χ0n) is 13.3. The molecule has 0 aromatic rings. The second-order valence-corrected chi connectivity index (χ2v) is 5.90. The van der Waals surface area contributed by atoms with Gasteiger partial charge in [0.1, 0.15) is 11.7 Å². The highest BCUT2D eigenvalue weighted by Crippen LogP contribution is 2.28. The fourth-order valence-electron chi connectivity index (χ4n) is 1.65. The third-order valence-electron chi connectivity index (χ3n) is 2.38. The molecule has 1 aliphatic heterocycles. The van der Waals surface area contributed by atoms with Gasteiger partial charge in [-0.05, 0) is 33.7 Å². The molecule has 1 amide bonds. The molecule has 0 saturated carbocycles. The standard InChI is InChI=1S/C12H20N2O3S.C2H6/c1-12(2,3)17-11(16)14-6-8(13-4)10(18-5)9(15)7-14;1-2/h9,15H,4,6-7H2,1-3,5H3;1-2H3. The summed E-state index contributed by atoms with van der Waals surface area (Å²) in [6, 6.07) is 0. The van der Waals surface area contributed by atoms with Crippen molar-refractivity contribution in [3.63, 3.8) is 0 Å². The largest absolute Gasteiger partial charge is 0.444 e. The third-order valence-corrected chi connectivity index (χ3v) is 3.33. The Morgan fingerprint density at radius 1 is 1.50 bits per heavy atom. The molecule has 1 atom stereocenters. The Bertz CT molecular complexity index is 375. The summed E-state index contributed by atoms with van der Waals surface area (Å²) >= 11 is 1.43. The number of carbonyl (C=O) groups is 1. The number of hydrogen-bond donors (Lipinski definition) is 1. The molecule has 6 heteroatoms. The molecule has 1 rings (SSSR count). The minimum atomic E-state index is -0.721. The van der Waals surface area contributed by atoms with Gasteiger partial charge in [-0.25, -0.2) is 4.79 Å². The molecule has 0 aromatic heterocycles. The summed E-state index contributed by atoms with van der Waals surface area (Å²) in [6.07, 6.45) is 0.706. The number of β-amino-alcohol motifs (C(OH)–C–C–N with tert-alkyl or cyclic N) is 1. The van der Waals surface area contributed by atoms with Crippen LogP contribution in [0.5, 0.6) is 0 Å². The lowest BCUT2D eigenvalue weighted by Gasteiger charge is -2.33. The Labute approximate surface area is 126 Å². The molecule has 0 aliphatic carbocycles. The molecule has 0 fully saturated rings. The number of hydrogen-bond acceptors (Lipinski definition) is 5. The maximum atomic E-state index is 11.9. The molecule has 5 nitrogen and oxygen atoms in total. The highest BCUT2D eigenvalue weighted by molar-refractivity contribution is 8.02. The van der Waals surface area contributed by atoms with Crippen LogP contribution in [0.25, 0.3) is 0 Å². The van der Waals surface area contributed by atoms with Gasteiger partial charge in [0.15, 0.2) is 0 Å². The van der Waals surface area contributed by atoms with Gasteiger partial charge in [-0.1, -0.05) is 13.8 Å². The van der Waals surface area contributed by atoms with Crippen molar-refractivity contribution in [2.75, 3.05) is 19.3 Å². The Kier molecular flexibility index (Phi) is 7.90. The van der Waals surface area contributed by atoms with E-state index in [1.54, 1.807) is 20.8 Å². The van der Waals surface area contributed by atoms with Crippen molar-refractivity contribution < 1.29 is 14.6 Å². The van der Waals surface area contributed by atoms with Gasteiger partial charge in [0.25, 0.3) is 0 Å². The number of amides is 1. The van der Waals surface area contributed by atoms with Gasteiger partial charge < -0.3 is 9.84 Å². The highest BCUT2D eigenvalue weighted by Gasteiger charge is 2.31. The van der Waals surface area contributed by atoms with Gasteiger partial charge in [-0.15, -0.1) is 11.8 Å². The maximum absolute atomic E-state index is 11.9.